The number of fused-ring (bicyclic) bond motifs is 3. The summed E-state index contributed by atoms with van der Waals surface area (Å²) in [7, 11) is 0. The molecule has 2 aromatic rings. The highest BCUT2D eigenvalue weighted by molar-refractivity contribution is 7.19. The molecule has 0 aromatic carbocycles. The van der Waals surface area contributed by atoms with Gasteiger partial charge in [0.25, 0.3) is 0 Å². The number of ether oxygens (including phenoxy) is 1. The molecule has 1 N–H and O–H groups in total. The molecule has 0 aliphatic heterocycles. The van der Waals surface area contributed by atoms with E-state index in [1.54, 1.807) is 17.7 Å². The number of carbonyl (C=O) groups is 1. The van der Waals surface area contributed by atoms with Crippen LogP contribution in [0, 0.1) is 0 Å². The van der Waals surface area contributed by atoms with E-state index in [0.29, 0.717) is 13.0 Å². The molecule has 1 aliphatic carbocycles. The van der Waals surface area contributed by atoms with Crippen LogP contribution < -0.4 is 5.32 Å². The standard InChI is InChI=1S/C16H21N3O2S/c1-3-21-13(20)8-7-10(2)19-15-14-11-5-4-6-12(11)22-16(14)18-9-17-15/h9-10H,3-8H2,1-2H3,(H,17,18,19). The molecule has 1 unspecified atom stereocenters. The fraction of sp³-hybridized carbons (Fsp3) is 0.562. The third-order valence-corrected chi connectivity index (χ3v) is 5.17. The van der Waals surface area contributed by atoms with Gasteiger partial charge in [-0.25, -0.2) is 9.97 Å². The maximum atomic E-state index is 11.5. The fourth-order valence-corrected chi connectivity index (χ4v) is 4.14. The van der Waals surface area contributed by atoms with Crippen molar-refractivity contribution in [3.63, 3.8) is 0 Å². The molecule has 22 heavy (non-hydrogen) atoms. The van der Waals surface area contributed by atoms with Crippen molar-refractivity contribution in [1.82, 2.24) is 9.97 Å². The van der Waals surface area contributed by atoms with Gasteiger partial charge < -0.3 is 10.1 Å². The largest absolute Gasteiger partial charge is 0.466 e. The van der Waals surface area contributed by atoms with Crippen LogP contribution in [0.25, 0.3) is 10.2 Å². The zero-order chi connectivity index (χ0) is 15.5. The fourth-order valence-electron chi connectivity index (χ4n) is 2.91. The molecule has 1 atom stereocenters. The minimum Gasteiger partial charge on any atom is -0.466 e. The molecule has 0 bridgehead atoms. The highest BCUT2D eigenvalue weighted by Crippen LogP contribution is 2.39. The van der Waals surface area contributed by atoms with Crippen molar-refractivity contribution in [1.29, 1.82) is 0 Å². The van der Waals surface area contributed by atoms with E-state index < -0.39 is 0 Å². The van der Waals surface area contributed by atoms with Gasteiger partial charge >= 0.3 is 5.97 Å². The van der Waals surface area contributed by atoms with Crippen LogP contribution in [0.4, 0.5) is 5.82 Å². The average molecular weight is 319 g/mol. The molecule has 0 saturated carbocycles. The van der Waals surface area contributed by atoms with E-state index in [0.717, 1.165) is 29.9 Å². The number of anilines is 1. The summed E-state index contributed by atoms with van der Waals surface area (Å²) in [6.07, 6.45) is 6.29. The second-order valence-electron chi connectivity index (χ2n) is 5.65. The van der Waals surface area contributed by atoms with Gasteiger partial charge in [-0.15, -0.1) is 11.3 Å². The first-order valence-electron chi connectivity index (χ1n) is 7.86. The van der Waals surface area contributed by atoms with Crippen molar-refractivity contribution in [2.45, 2.75) is 52.0 Å². The topological polar surface area (TPSA) is 64.1 Å². The molecule has 0 radical (unpaired) electrons. The average Bonchev–Trinajstić information content (AvgIpc) is 3.06. The first kappa shape index (κ1) is 15.2. The van der Waals surface area contributed by atoms with E-state index >= 15 is 0 Å². The Morgan fingerprint density at radius 3 is 3.14 bits per heavy atom. The molecule has 5 nitrogen and oxygen atoms in total. The molecule has 1 aliphatic rings. The first-order chi connectivity index (χ1) is 10.7. The van der Waals surface area contributed by atoms with Crippen LogP contribution in [0.1, 0.15) is 43.6 Å². The maximum absolute atomic E-state index is 11.5. The summed E-state index contributed by atoms with van der Waals surface area (Å²) in [5, 5.41) is 4.63. The summed E-state index contributed by atoms with van der Waals surface area (Å²) >= 11 is 1.79. The molecule has 6 heteroatoms. The van der Waals surface area contributed by atoms with E-state index in [-0.39, 0.29) is 12.0 Å². The van der Waals surface area contributed by atoms with Gasteiger partial charge in [0.05, 0.1) is 12.0 Å². The third kappa shape index (κ3) is 3.06. The molecule has 2 heterocycles. The molecular weight excluding hydrogens is 298 g/mol. The minimum atomic E-state index is -0.139. The number of hydrogen-bond acceptors (Lipinski definition) is 6. The minimum absolute atomic E-state index is 0.139. The van der Waals surface area contributed by atoms with E-state index in [1.165, 1.54) is 22.2 Å². The van der Waals surface area contributed by atoms with Crippen LogP contribution in [0.3, 0.4) is 0 Å². The van der Waals surface area contributed by atoms with Crippen LogP contribution in [0.5, 0.6) is 0 Å². The Bertz CT molecular complexity index is 683. The predicted octanol–water partition coefficient (Wildman–Crippen LogP) is 3.32. The normalized spacial score (nSPS) is 14.8. The third-order valence-electron chi connectivity index (χ3n) is 3.97. The van der Waals surface area contributed by atoms with Gasteiger partial charge in [0.15, 0.2) is 0 Å². The van der Waals surface area contributed by atoms with Gasteiger partial charge in [-0.1, -0.05) is 0 Å². The number of carbonyl (C=O) groups excluding carboxylic acids is 1. The molecule has 118 valence electrons. The lowest BCUT2D eigenvalue weighted by molar-refractivity contribution is -0.143. The van der Waals surface area contributed by atoms with Gasteiger partial charge in [-0.05, 0) is 45.1 Å². The summed E-state index contributed by atoms with van der Waals surface area (Å²) in [6, 6.07) is 0.166. The van der Waals surface area contributed by atoms with E-state index in [4.69, 9.17) is 4.74 Å². The molecule has 2 aromatic heterocycles. The van der Waals surface area contributed by atoms with E-state index in [2.05, 4.69) is 22.2 Å². The van der Waals surface area contributed by atoms with Crippen molar-refractivity contribution >= 4 is 33.3 Å². The van der Waals surface area contributed by atoms with Gasteiger partial charge in [-0.3, -0.25) is 4.79 Å². The summed E-state index contributed by atoms with van der Waals surface area (Å²) in [4.78, 5) is 22.8. The number of aryl methyl sites for hydroxylation is 2. The summed E-state index contributed by atoms with van der Waals surface area (Å²) < 4.78 is 4.97. The Hall–Kier alpha value is -1.69. The van der Waals surface area contributed by atoms with E-state index in [1.807, 2.05) is 6.92 Å². The maximum Gasteiger partial charge on any atom is 0.305 e. The lowest BCUT2D eigenvalue weighted by Crippen LogP contribution is -2.18. The predicted molar refractivity (Wildman–Crippen MR) is 88.4 cm³/mol. The van der Waals surface area contributed by atoms with Crippen LogP contribution in [0.2, 0.25) is 0 Å². The number of hydrogen-bond donors (Lipinski definition) is 1. The first-order valence-corrected chi connectivity index (χ1v) is 8.68. The molecular formula is C16H21N3O2S. The SMILES string of the molecule is CCOC(=O)CCC(C)Nc1ncnc2sc3c(c12)CCC3. The summed E-state index contributed by atoms with van der Waals surface area (Å²) in [6.45, 7) is 4.34. The number of thiophene rings is 1. The number of nitrogens with one attached hydrogen (secondary N) is 1. The number of aromatic nitrogens is 2. The molecule has 0 saturated heterocycles. The molecule has 0 fully saturated rings. The smallest absolute Gasteiger partial charge is 0.305 e. The van der Waals surface area contributed by atoms with Crippen molar-refractivity contribution in [2.75, 3.05) is 11.9 Å². The van der Waals surface area contributed by atoms with Crippen LogP contribution in [-0.4, -0.2) is 28.6 Å². The van der Waals surface area contributed by atoms with Gasteiger partial charge in [-0.2, -0.15) is 0 Å². The Kier molecular flexibility index (Phi) is 4.57. The monoisotopic (exact) mass is 319 g/mol. The molecule has 0 spiro atoms. The number of rotatable bonds is 6. The van der Waals surface area contributed by atoms with Crippen molar-refractivity contribution in [3.8, 4) is 0 Å². The second-order valence-corrected chi connectivity index (χ2v) is 6.73. The summed E-state index contributed by atoms with van der Waals surface area (Å²) in [5.74, 6) is 0.765. The zero-order valence-corrected chi connectivity index (χ0v) is 13.8. The van der Waals surface area contributed by atoms with Crippen molar-refractivity contribution in [3.05, 3.63) is 16.8 Å². The number of esters is 1. The van der Waals surface area contributed by atoms with Gasteiger partial charge in [0, 0.05) is 17.3 Å². The Morgan fingerprint density at radius 1 is 1.45 bits per heavy atom. The molecule has 0 amide bonds. The van der Waals surface area contributed by atoms with Crippen molar-refractivity contribution < 1.29 is 9.53 Å². The second kappa shape index (κ2) is 6.60. The summed E-state index contributed by atoms with van der Waals surface area (Å²) in [5.41, 5.74) is 1.42. The van der Waals surface area contributed by atoms with E-state index in [9.17, 15) is 4.79 Å². The Labute approximate surface area is 134 Å². The van der Waals surface area contributed by atoms with Gasteiger partial charge in [0.1, 0.15) is 17.0 Å². The highest BCUT2D eigenvalue weighted by Gasteiger charge is 2.21. The Balaban J connectivity index is 1.72. The lowest BCUT2D eigenvalue weighted by atomic mass is 10.1. The van der Waals surface area contributed by atoms with Crippen LogP contribution in [0.15, 0.2) is 6.33 Å². The Morgan fingerprint density at radius 2 is 2.32 bits per heavy atom. The number of nitrogens with zero attached hydrogens (tertiary/aromatic N) is 2. The zero-order valence-electron chi connectivity index (χ0n) is 13.0. The van der Waals surface area contributed by atoms with Crippen molar-refractivity contribution in [2.24, 2.45) is 0 Å². The quantitative estimate of drug-likeness (QED) is 0.827. The van der Waals surface area contributed by atoms with Gasteiger partial charge in [0.2, 0.25) is 0 Å². The van der Waals surface area contributed by atoms with Crippen LogP contribution >= 0.6 is 11.3 Å². The molecule has 3 rings (SSSR count). The van der Waals surface area contributed by atoms with Crippen LogP contribution in [-0.2, 0) is 22.4 Å². The highest BCUT2D eigenvalue weighted by atomic mass is 32.1. The lowest BCUT2D eigenvalue weighted by Gasteiger charge is -2.15.